The van der Waals surface area contributed by atoms with E-state index in [4.69, 9.17) is 10.3 Å². The molecule has 2 N–H and O–H groups in total. The Morgan fingerprint density at radius 3 is 2.76 bits per heavy atom. The van der Waals surface area contributed by atoms with Gasteiger partial charge in [0.15, 0.2) is 0 Å². The molecule has 0 saturated heterocycles. The van der Waals surface area contributed by atoms with Gasteiger partial charge in [-0.2, -0.15) is 0 Å². The molecule has 0 radical (unpaired) electrons. The van der Waals surface area contributed by atoms with Crippen LogP contribution in [-0.2, 0) is 0 Å². The SMILES string of the molecule is CC(C)c1c(-c2ccc([N+](=O)[O-])s2)noc1N. The molecule has 2 aromatic rings. The second-order valence-corrected chi connectivity index (χ2v) is 4.92. The summed E-state index contributed by atoms with van der Waals surface area (Å²) in [4.78, 5) is 10.9. The summed E-state index contributed by atoms with van der Waals surface area (Å²) in [6.45, 7) is 3.93. The molecule has 6 nitrogen and oxygen atoms in total. The Morgan fingerprint density at radius 2 is 2.24 bits per heavy atom. The van der Waals surface area contributed by atoms with Crippen molar-refractivity contribution in [1.29, 1.82) is 0 Å². The molecule has 0 aliphatic carbocycles. The Labute approximate surface area is 101 Å². The van der Waals surface area contributed by atoms with Crippen molar-refractivity contribution in [2.45, 2.75) is 19.8 Å². The minimum absolute atomic E-state index is 0.0799. The highest BCUT2D eigenvalue weighted by Crippen LogP contribution is 2.38. The number of thiophene rings is 1. The molecule has 0 aliphatic rings. The van der Waals surface area contributed by atoms with Gasteiger partial charge in [-0.05, 0) is 12.0 Å². The van der Waals surface area contributed by atoms with E-state index >= 15 is 0 Å². The standard InChI is InChI=1S/C10H11N3O3S/c1-5(2)8-9(12-16-10(8)11)6-3-4-7(17-6)13(14)15/h3-5H,11H2,1-2H3. The Hall–Kier alpha value is -1.89. The fourth-order valence-electron chi connectivity index (χ4n) is 1.60. The molecule has 0 bridgehead atoms. The van der Waals surface area contributed by atoms with E-state index in [9.17, 15) is 10.1 Å². The summed E-state index contributed by atoms with van der Waals surface area (Å²) in [6.07, 6.45) is 0. The number of nitrogen functional groups attached to an aromatic ring is 1. The van der Waals surface area contributed by atoms with Crippen molar-refractivity contribution in [3.8, 4) is 10.6 Å². The molecule has 2 heterocycles. The molecule has 0 atom stereocenters. The van der Waals surface area contributed by atoms with Crippen molar-refractivity contribution in [2.24, 2.45) is 0 Å². The maximum Gasteiger partial charge on any atom is 0.324 e. The van der Waals surface area contributed by atoms with Crippen molar-refractivity contribution in [1.82, 2.24) is 5.16 Å². The molecule has 7 heteroatoms. The molecule has 2 rings (SSSR count). The molecule has 17 heavy (non-hydrogen) atoms. The summed E-state index contributed by atoms with van der Waals surface area (Å²) in [5.41, 5.74) is 7.07. The Kier molecular flexibility index (Phi) is 2.84. The minimum Gasteiger partial charge on any atom is -0.367 e. The Morgan fingerprint density at radius 1 is 1.53 bits per heavy atom. The first-order chi connectivity index (χ1) is 8.00. The lowest BCUT2D eigenvalue weighted by Gasteiger charge is -2.02. The number of aromatic nitrogens is 1. The van der Waals surface area contributed by atoms with E-state index < -0.39 is 4.92 Å². The van der Waals surface area contributed by atoms with Crippen LogP contribution in [0.15, 0.2) is 16.7 Å². The minimum atomic E-state index is -0.424. The first-order valence-corrected chi connectivity index (χ1v) is 5.82. The zero-order valence-corrected chi connectivity index (χ0v) is 10.2. The van der Waals surface area contributed by atoms with Gasteiger partial charge in [0, 0.05) is 11.6 Å². The lowest BCUT2D eigenvalue weighted by atomic mass is 10.0. The highest BCUT2D eigenvalue weighted by Gasteiger charge is 2.21. The third kappa shape index (κ3) is 2.01. The van der Waals surface area contributed by atoms with Gasteiger partial charge in [0.05, 0.1) is 9.80 Å². The second-order valence-electron chi connectivity index (χ2n) is 3.86. The Bertz CT molecular complexity index is 559. The number of rotatable bonds is 3. The van der Waals surface area contributed by atoms with E-state index in [0.717, 1.165) is 16.9 Å². The van der Waals surface area contributed by atoms with Gasteiger partial charge in [-0.15, -0.1) is 0 Å². The summed E-state index contributed by atoms with van der Waals surface area (Å²) in [5.74, 6) is 0.420. The van der Waals surface area contributed by atoms with E-state index in [1.165, 1.54) is 6.07 Å². The van der Waals surface area contributed by atoms with E-state index in [1.54, 1.807) is 6.07 Å². The van der Waals surface area contributed by atoms with Crippen LogP contribution in [0.1, 0.15) is 25.3 Å². The quantitative estimate of drug-likeness (QED) is 0.670. The fraction of sp³-hybridized carbons (Fsp3) is 0.300. The van der Waals surface area contributed by atoms with Crippen molar-refractivity contribution in [2.75, 3.05) is 5.73 Å². The molecule has 0 unspecified atom stereocenters. The molecule has 0 amide bonds. The van der Waals surface area contributed by atoms with Gasteiger partial charge in [0.2, 0.25) is 5.88 Å². The number of hydrogen-bond acceptors (Lipinski definition) is 6. The maximum atomic E-state index is 10.6. The van der Waals surface area contributed by atoms with Crippen LogP contribution in [0.2, 0.25) is 0 Å². The Balaban J connectivity index is 2.49. The lowest BCUT2D eigenvalue weighted by Crippen LogP contribution is -1.93. The zero-order valence-electron chi connectivity index (χ0n) is 9.34. The fourth-order valence-corrected chi connectivity index (χ4v) is 2.41. The van der Waals surface area contributed by atoms with Crippen molar-refractivity contribution in [3.05, 3.63) is 27.8 Å². The van der Waals surface area contributed by atoms with Crippen LogP contribution in [0.4, 0.5) is 10.9 Å². The lowest BCUT2D eigenvalue weighted by molar-refractivity contribution is -0.380. The predicted molar refractivity (Wildman–Crippen MR) is 65.0 cm³/mol. The summed E-state index contributed by atoms with van der Waals surface area (Å²) >= 11 is 1.06. The van der Waals surface area contributed by atoms with Crippen molar-refractivity contribution < 1.29 is 9.45 Å². The number of hydrogen-bond donors (Lipinski definition) is 1. The molecule has 0 saturated carbocycles. The average molecular weight is 253 g/mol. The highest BCUT2D eigenvalue weighted by molar-refractivity contribution is 7.18. The zero-order chi connectivity index (χ0) is 12.6. The highest BCUT2D eigenvalue weighted by atomic mass is 32.1. The van der Waals surface area contributed by atoms with Gasteiger partial charge in [-0.3, -0.25) is 10.1 Å². The third-order valence-corrected chi connectivity index (χ3v) is 3.38. The molecule has 0 aromatic carbocycles. The van der Waals surface area contributed by atoms with Gasteiger partial charge in [-0.25, -0.2) is 0 Å². The normalized spacial score (nSPS) is 11.0. The largest absolute Gasteiger partial charge is 0.367 e. The van der Waals surface area contributed by atoms with Crippen LogP contribution in [0.3, 0.4) is 0 Å². The van der Waals surface area contributed by atoms with Gasteiger partial charge in [-0.1, -0.05) is 30.3 Å². The monoisotopic (exact) mass is 253 g/mol. The molecule has 0 spiro atoms. The summed E-state index contributed by atoms with van der Waals surface area (Å²) in [7, 11) is 0. The molecule has 0 fully saturated rings. The molecule has 2 aromatic heterocycles. The smallest absolute Gasteiger partial charge is 0.324 e. The van der Waals surface area contributed by atoms with E-state index in [2.05, 4.69) is 5.16 Å². The average Bonchev–Trinajstić information content (AvgIpc) is 2.82. The van der Waals surface area contributed by atoms with Crippen LogP contribution < -0.4 is 5.73 Å². The molecular weight excluding hydrogens is 242 g/mol. The number of nitrogens with zero attached hydrogens (tertiary/aromatic N) is 2. The molecule has 90 valence electrons. The number of nitro groups is 1. The van der Waals surface area contributed by atoms with Crippen LogP contribution in [-0.4, -0.2) is 10.1 Å². The van der Waals surface area contributed by atoms with Gasteiger partial charge >= 0.3 is 5.00 Å². The van der Waals surface area contributed by atoms with Crippen LogP contribution in [0.25, 0.3) is 10.6 Å². The number of anilines is 1. The first-order valence-electron chi connectivity index (χ1n) is 5.00. The van der Waals surface area contributed by atoms with Crippen LogP contribution >= 0.6 is 11.3 Å². The van der Waals surface area contributed by atoms with Crippen molar-refractivity contribution >= 4 is 22.2 Å². The second kappa shape index (κ2) is 4.17. The third-order valence-electron chi connectivity index (χ3n) is 2.34. The van der Waals surface area contributed by atoms with Crippen molar-refractivity contribution in [3.63, 3.8) is 0 Å². The molecule has 0 aliphatic heterocycles. The number of nitrogens with two attached hydrogens (primary N) is 1. The molecular formula is C10H11N3O3S. The van der Waals surface area contributed by atoms with Crippen LogP contribution in [0.5, 0.6) is 0 Å². The van der Waals surface area contributed by atoms with Gasteiger partial charge < -0.3 is 10.3 Å². The van der Waals surface area contributed by atoms with E-state index in [0.29, 0.717) is 10.6 Å². The summed E-state index contributed by atoms with van der Waals surface area (Å²) in [5, 5.41) is 14.6. The van der Waals surface area contributed by atoms with Gasteiger partial charge in [0.25, 0.3) is 0 Å². The van der Waals surface area contributed by atoms with Gasteiger partial charge in [0.1, 0.15) is 5.69 Å². The van der Waals surface area contributed by atoms with Crippen LogP contribution in [0, 0.1) is 10.1 Å². The maximum absolute atomic E-state index is 10.6. The predicted octanol–water partition coefficient (Wildman–Crippen LogP) is 3.02. The first kappa shape index (κ1) is 11.6. The van der Waals surface area contributed by atoms with E-state index in [1.807, 2.05) is 13.8 Å². The summed E-state index contributed by atoms with van der Waals surface area (Å²) in [6, 6.07) is 3.11. The topological polar surface area (TPSA) is 95.2 Å². The van der Waals surface area contributed by atoms with E-state index in [-0.39, 0.29) is 16.8 Å². The summed E-state index contributed by atoms with van der Waals surface area (Å²) < 4.78 is 4.95.